The number of carbonyl (C=O) groups excluding carboxylic acids is 5. The number of nitrogens with two attached hydrogens (primary N) is 1. The van der Waals surface area contributed by atoms with E-state index in [0.717, 1.165) is 12.0 Å². The average molecular weight is 547 g/mol. The highest BCUT2D eigenvalue weighted by atomic mass is 16.6. The maximum absolute atomic E-state index is 11.7. The average Bonchev–Trinajstić information content (AvgIpc) is 2.89. The van der Waals surface area contributed by atoms with Crippen molar-refractivity contribution >= 4 is 29.5 Å². The number of carbonyl (C=O) groups is 5. The summed E-state index contributed by atoms with van der Waals surface area (Å²) < 4.78 is 21.5. The first kappa shape index (κ1) is 34.9. The first-order chi connectivity index (χ1) is 18.2. The number of amides is 5. The van der Waals surface area contributed by atoms with Crippen molar-refractivity contribution in [3.8, 4) is 0 Å². The van der Waals surface area contributed by atoms with E-state index in [0.29, 0.717) is 46.2 Å². The predicted molar refractivity (Wildman–Crippen MR) is 137 cm³/mol. The van der Waals surface area contributed by atoms with E-state index in [-0.39, 0.29) is 45.9 Å². The van der Waals surface area contributed by atoms with E-state index >= 15 is 0 Å². The van der Waals surface area contributed by atoms with Gasteiger partial charge in [0, 0.05) is 6.54 Å². The van der Waals surface area contributed by atoms with Crippen LogP contribution >= 0.6 is 0 Å². The molecule has 0 bridgehead atoms. The van der Waals surface area contributed by atoms with Crippen molar-refractivity contribution in [2.75, 3.05) is 92.1 Å². The lowest BCUT2D eigenvalue weighted by Crippen LogP contribution is -2.46. The van der Waals surface area contributed by atoms with Crippen LogP contribution in [0.2, 0.25) is 0 Å². The number of nitrogens with one attached hydrogen (secondary N) is 5. The number of ether oxygens (including phenoxy) is 4. The highest BCUT2D eigenvalue weighted by Gasteiger charge is 2.09. The Hall–Kier alpha value is -3.11. The van der Waals surface area contributed by atoms with Gasteiger partial charge in [0.2, 0.25) is 29.5 Å². The summed E-state index contributed by atoms with van der Waals surface area (Å²) >= 11 is 0. The molecule has 0 atom stereocenters. The van der Waals surface area contributed by atoms with Crippen LogP contribution in [0.1, 0.15) is 13.3 Å². The van der Waals surface area contributed by atoms with Gasteiger partial charge in [-0.1, -0.05) is 5.57 Å². The lowest BCUT2D eigenvalue weighted by Gasteiger charge is -2.09. The summed E-state index contributed by atoms with van der Waals surface area (Å²) in [5.41, 5.74) is 6.17. The number of hydrogen-bond donors (Lipinski definition) is 6. The Morgan fingerprint density at radius 1 is 0.553 bits per heavy atom. The molecule has 0 spiro atoms. The molecule has 0 aliphatic rings. The van der Waals surface area contributed by atoms with Crippen LogP contribution in [0.5, 0.6) is 0 Å². The lowest BCUT2D eigenvalue weighted by molar-refractivity contribution is -0.129. The van der Waals surface area contributed by atoms with Gasteiger partial charge in [0.15, 0.2) is 0 Å². The van der Waals surface area contributed by atoms with Gasteiger partial charge < -0.3 is 51.3 Å². The smallest absolute Gasteiger partial charge is 0.239 e. The first-order valence-electron chi connectivity index (χ1n) is 12.2. The lowest BCUT2D eigenvalue weighted by atomic mass is 10.3. The summed E-state index contributed by atoms with van der Waals surface area (Å²) in [5.74, 6) is -2.71. The molecular formula is C23H42N6O9. The van der Waals surface area contributed by atoms with Crippen molar-refractivity contribution in [2.24, 2.45) is 5.73 Å². The summed E-state index contributed by atoms with van der Waals surface area (Å²) in [6, 6.07) is 0. The molecule has 0 aromatic carbocycles. The molecule has 0 aliphatic heterocycles. The largest absolute Gasteiger partial charge is 0.379 e. The third-order valence-corrected chi connectivity index (χ3v) is 4.33. The van der Waals surface area contributed by atoms with Gasteiger partial charge in [0.05, 0.1) is 85.6 Å². The summed E-state index contributed by atoms with van der Waals surface area (Å²) in [6.45, 7) is 8.03. The fraction of sp³-hybridized carbons (Fsp3) is 0.696. The molecule has 15 nitrogen and oxygen atoms in total. The van der Waals surface area contributed by atoms with Crippen LogP contribution in [-0.2, 0) is 42.9 Å². The van der Waals surface area contributed by atoms with E-state index < -0.39 is 29.5 Å². The van der Waals surface area contributed by atoms with Gasteiger partial charge in [-0.3, -0.25) is 24.0 Å². The van der Waals surface area contributed by atoms with Crippen molar-refractivity contribution < 1.29 is 42.9 Å². The molecule has 5 amide bonds. The molecule has 0 aromatic heterocycles. The second kappa shape index (κ2) is 24.2. The SMILES string of the molecule is C=C(C)CCOCCOCCOCCOCCNC(=O)CNC(=O)CNC(=O)CNC(=O)CNC(=O)CN. The maximum atomic E-state index is 11.7. The first-order valence-corrected chi connectivity index (χ1v) is 12.2. The van der Waals surface area contributed by atoms with Crippen LogP contribution in [0.4, 0.5) is 0 Å². The van der Waals surface area contributed by atoms with Crippen molar-refractivity contribution in [1.29, 1.82) is 0 Å². The minimum atomic E-state index is -0.615. The molecule has 218 valence electrons. The number of rotatable bonds is 24. The normalized spacial score (nSPS) is 10.4. The summed E-state index contributed by atoms with van der Waals surface area (Å²) in [6.07, 6.45) is 0.844. The van der Waals surface area contributed by atoms with Gasteiger partial charge in [-0.2, -0.15) is 0 Å². The van der Waals surface area contributed by atoms with Crippen LogP contribution in [0.15, 0.2) is 12.2 Å². The minimum Gasteiger partial charge on any atom is -0.379 e. The fourth-order valence-corrected chi connectivity index (χ4v) is 2.31. The number of hydrogen-bond acceptors (Lipinski definition) is 10. The molecule has 0 saturated heterocycles. The molecule has 0 heterocycles. The highest BCUT2D eigenvalue weighted by molar-refractivity contribution is 5.91. The van der Waals surface area contributed by atoms with Crippen molar-refractivity contribution in [1.82, 2.24) is 26.6 Å². The molecule has 15 heteroatoms. The molecular weight excluding hydrogens is 504 g/mol. The Kier molecular flexibility index (Phi) is 22.3. The molecule has 0 aromatic rings. The second-order valence-corrected chi connectivity index (χ2v) is 7.82. The van der Waals surface area contributed by atoms with Crippen LogP contribution in [0.25, 0.3) is 0 Å². The Morgan fingerprint density at radius 3 is 1.29 bits per heavy atom. The van der Waals surface area contributed by atoms with Gasteiger partial charge in [-0.15, -0.1) is 6.58 Å². The van der Waals surface area contributed by atoms with E-state index in [4.69, 9.17) is 24.7 Å². The van der Waals surface area contributed by atoms with Crippen LogP contribution in [0.3, 0.4) is 0 Å². The van der Waals surface area contributed by atoms with Crippen LogP contribution < -0.4 is 32.3 Å². The van der Waals surface area contributed by atoms with Crippen LogP contribution in [0, 0.1) is 0 Å². The maximum Gasteiger partial charge on any atom is 0.239 e. The zero-order valence-corrected chi connectivity index (χ0v) is 22.1. The van der Waals surface area contributed by atoms with Gasteiger partial charge >= 0.3 is 0 Å². The highest BCUT2D eigenvalue weighted by Crippen LogP contribution is 1.94. The van der Waals surface area contributed by atoms with Gasteiger partial charge in [-0.25, -0.2) is 0 Å². The van der Waals surface area contributed by atoms with Crippen molar-refractivity contribution in [2.45, 2.75) is 13.3 Å². The standard InChI is InChI=1S/C23H42N6O9/c1-18(2)3-5-35-7-9-37-11-12-38-10-8-36-6-4-25-20(31)14-27-22(33)16-29-23(34)17-28-21(32)15-26-19(30)13-24/h1,3-17,24H2,2H3,(H,25,31)(H,26,30)(H,27,33)(H,28,32)(H,29,34). The molecule has 0 unspecified atom stereocenters. The van der Waals surface area contributed by atoms with E-state index in [1.807, 2.05) is 6.92 Å². The van der Waals surface area contributed by atoms with Crippen LogP contribution in [-0.4, -0.2) is 122 Å². The Morgan fingerprint density at radius 2 is 0.895 bits per heavy atom. The van der Waals surface area contributed by atoms with Gasteiger partial charge in [-0.05, 0) is 13.3 Å². The molecule has 0 radical (unpaired) electrons. The quantitative estimate of drug-likeness (QED) is 0.0521. The molecule has 0 aliphatic carbocycles. The fourth-order valence-electron chi connectivity index (χ4n) is 2.31. The second-order valence-electron chi connectivity index (χ2n) is 7.82. The van der Waals surface area contributed by atoms with E-state index in [2.05, 4.69) is 33.2 Å². The molecule has 7 N–H and O–H groups in total. The third kappa shape index (κ3) is 24.6. The molecule has 0 rings (SSSR count). The summed E-state index contributed by atoms with van der Waals surface area (Å²) in [7, 11) is 0. The van der Waals surface area contributed by atoms with E-state index in [1.54, 1.807) is 0 Å². The topological polar surface area (TPSA) is 208 Å². The molecule has 0 fully saturated rings. The minimum absolute atomic E-state index is 0.254. The summed E-state index contributed by atoms with van der Waals surface area (Å²) in [5, 5.41) is 11.7. The van der Waals surface area contributed by atoms with Crippen molar-refractivity contribution in [3.05, 3.63) is 12.2 Å². The Balaban J connectivity index is 3.51. The van der Waals surface area contributed by atoms with Crippen molar-refractivity contribution in [3.63, 3.8) is 0 Å². The van der Waals surface area contributed by atoms with E-state index in [9.17, 15) is 24.0 Å². The Bertz CT molecular complexity index is 736. The van der Waals surface area contributed by atoms with Gasteiger partial charge in [0.1, 0.15) is 0 Å². The zero-order chi connectivity index (χ0) is 28.4. The van der Waals surface area contributed by atoms with E-state index in [1.165, 1.54) is 0 Å². The zero-order valence-electron chi connectivity index (χ0n) is 22.1. The van der Waals surface area contributed by atoms with Gasteiger partial charge in [0.25, 0.3) is 0 Å². The molecule has 0 saturated carbocycles. The predicted octanol–water partition coefficient (Wildman–Crippen LogP) is -3.44. The Labute approximate surface area is 222 Å². The third-order valence-electron chi connectivity index (χ3n) is 4.33. The molecule has 38 heavy (non-hydrogen) atoms. The summed E-state index contributed by atoms with van der Waals surface area (Å²) in [4.78, 5) is 57.5. The monoisotopic (exact) mass is 546 g/mol.